The molecule has 5 nitrogen and oxygen atoms in total. The van der Waals surface area contributed by atoms with Gasteiger partial charge in [-0.15, -0.1) is 0 Å². The molecule has 0 saturated heterocycles. The summed E-state index contributed by atoms with van der Waals surface area (Å²) in [4.78, 5) is 4.50. The van der Waals surface area contributed by atoms with E-state index >= 15 is 0 Å². The monoisotopic (exact) mass is 267 g/mol. The molecule has 1 aliphatic rings. The lowest BCUT2D eigenvalue weighted by molar-refractivity contribution is 0.0477. The molecule has 2 N–H and O–H groups in total. The first kappa shape index (κ1) is 14.5. The number of rotatable bonds is 8. The van der Waals surface area contributed by atoms with Crippen LogP contribution in [0.2, 0.25) is 0 Å². The van der Waals surface area contributed by atoms with Crippen molar-refractivity contribution < 1.29 is 9.26 Å². The number of hydrogen-bond acceptors (Lipinski definition) is 5. The maximum absolute atomic E-state index is 5.86. The van der Waals surface area contributed by atoms with E-state index in [1.807, 2.05) is 6.92 Å². The molecule has 0 aromatic carbocycles. The SMILES string of the molecule is CCCC(OCC)c1noc(CC2(CN)CCC2)n1. The molecule has 0 bridgehead atoms. The van der Waals surface area contributed by atoms with E-state index in [0.717, 1.165) is 19.3 Å². The third-order valence-corrected chi connectivity index (χ3v) is 4.06. The Labute approximate surface area is 114 Å². The van der Waals surface area contributed by atoms with Gasteiger partial charge in [-0.25, -0.2) is 0 Å². The average molecular weight is 267 g/mol. The normalized spacial score (nSPS) is 19.1. The minimum Gasteiger partial charge on any atom is -0.370 e. The molecule has 1 atom stereocenters. The van der Waals surface area contributed by atoms with Crippen LogP contribution in [0, 0.1) is 5.41 Å². The average Bonchev–Trinajstić information content (AvgIpc) is 2.82. The van der Waals surface area contributed by atoms with Crippen molar-refractivity contribution in [2.24, 2.45) is 11.1 Å². The largest absolute Gasteiger partial charge is 0.370 e. The van der Waals surface area contributed by atoms with Gasteiger partial charge in [0.2, 0.25) is 11.7 Å². The topological polar surface area (TPSA) is 74.2 Å². The van der Waals surface area contributed by atoms with Crippen molar-refractivity contribution in [3.05, 3.63) is 11.7 Å². The molecule has 2 rings (SSSR count). The zero-order chi connectivity index (χ0) is 13.7. The highest BCUT2D eigenvalue weighted by Crippen LogP contribution is 2.42. The van der Waals surface area contributed by atoms with Crippen LogP contribution < -0.4 is 5.73 Å². The summed E-state index contributed by atoms with van der Waals surface area (Å²) in [5.41, 5.74) is 6.07. The summed E-state index contributed by atoms with van der Waals surface area (Å²) in [5.74, 6) is 1.39. The van der Waals surface area contributed by atoms with Crippen LogP contribution in [0.5, 0.6) is 0 Å². The molecule has 108 valence electrons. The zero-order valence-electron chi connectivity index (χ0n) is 12.0. The molecule has 0 aliphatic heterocycles. The number of hydrogen-bond donors (Lipinski definition) is 1. The van der Waals surface area contributed by atoms with Crippen molar-refractivity contribution >= 4 is 0 Å². The van der Waals surface area contributed by atoms with E-state index in [0.29, 0.717) is 24.9 Å². The Balaban J connectivity index is 2.00. The van der Waals surface area contributed by atoms with Crippen molar-refractivity contribution in [1.82, 2.24) is 10.1 Å². The standard InChI is InChI=1S/C14H25N3O2/c1-3-6-11(18-4-2)13-16-12(19-17-13)9-14(10-15)7-5-8-14/h11H,3-10,15H2,1-2H3. The second kappa shape index (κ2) is 6.48. The van der Waals surface area contributed by atoms with E-state index in [1.165, 1.54) is 19.3 Å². The first-order valence-electron chi connectivity index (χ1n) is 7.37. The summed E-state index contributed by atoms with van der Waals surface area (Å²) in [6, 6.07) is 0. The van der Waals surface area contributed by atoms with Crippen LogP contribution in [0.1, 0.15) is 63.8 Å². The van der Waals surface area contributed by atoms with E-state index in [2.05, 4.69) is 17.1 Å². The van der Waals surface area contributed by atoms with Gasteiger partial charge in [-0.1, -0.05) is 24.9 Å². The second-order valence-corrected chi connectivity index (χ2v) is 5.51. The van der Waals surface area contributed by atoms with Gasteiger partial charge in [-0.2, -0.15) is 4.98 Å². The predicted molar refractivity (Wildman–Crippen MR) is 72.6 cm³/mol. The van der Waals surface area contributed by atoms with Crippen molar-refractivity contribution in [2.45, 2.75) is 58.5 Å². The fourth-order valence-corrected chi connectivity index (χ4v) is 2.67. The quantitative estimate of drug-likeness (QED) is 0.783. The molecule has 1 aromatic heterocycles. The highest BCUT2D eigenvalue weighted by atomic mass is 16.5. The van der Waals surface area contributed by atoms with Crippen molar-refractivity contribution in [3.63, 3.8) is 0 Å². The molecule has 19 heavy (non-hydrogen) atoms. The minimum absolute atomic E-state index is 0.0392. The molecule has 0 radical (unpaired) electrons. The van der Waals surface area contributed by atoms with Gasteiger partial charge in [0.25, 0.3) is 0 Å². The van der Waals surface area contributed by atoms with Gasteiger partial charge in [0.1, 0.15) is 6.10 Å². The van der Waals surface area contributed by atoms with Crippen LogP contribution in [0.25, 0.3) is 0 Å². The summed E-state index contributed by atoms with van der Waals surface area (Å²) in [7, 11) is 0. The molecule has 1 fully saturated rings. The Morgan fingerprint density at radius 2 is 2.21 bits per heavy atom. The molecule has 1 heterocycles. The van der Waals surface area contributed by atoms with Gasteiger partial charge in [0.05, 0.1) is 0 Å². The molecule has 0 spiro atoms. The fraction of sp³-hybridized carbons (Fsp3) is 0.857. The summed E-state index contributed by atoms with van der Waals surface area (Å²) in [6.07, 6.45) is 6.34. The first-order valence-corrected chi connectivity index (χ1v) is 7.37. The van der Waals surface area contributed by atoms with Crippen LogP contribution in [-0.2, 0) is 11.2 Å². The smallest absolute Gasteiger partial charge is 0.227 e. The molecule has 1 aliphatic carbocycles. The highest BCUT2D eigenvalue weighted by Gasteiger charge is 2.37. The molecule has 1 aromatic rings. The highest BCUT2D eigenvalue weighted by molar-refractivity contribution is 4.99. The van der Waals surface area contributed by atoms with Crippen LogP contribution in [0.4, 0.5) is 0 Å². The van der Waals surface area contributed by atoms with Crippen molar-refractivity contribution in [2.75, 3.05) is 13.2 Å². The van der Waals surface area contributed by atoms with Crippen LogP contribution >= 0.6 is 0 Å². The van der Waals surface area contributed by atoms with Gasteiger partial charge in [-0.05, 0) is 38.1 Å². The molecular weight excluding hydrogens is 242 g/mol. The molecule has 1 unspecified atom stereocenters. The van der Waals surface area contributed by atoms with Crippen molar-refractivity contribution in [3.8, 4) is 0 Å². The van der Waals surface area contributed by atoms with Crippen LogP contribution in [0.3, 0.4) is 0 Å². The molecule has 1 saturated carbocycles. The van der Waals surface area contributed by atoms with Gasteiger partial charge in [0.15, 0.2) is 0 Å². The maximum Gasteiger partial charge on any atom is 0.227 e. The zero-order valence-corrected chi connectivity index (χ0v) is 12.0. The van der Waals surface area contributed by atoms with Gasteiger partial charge in [0, 0.05) is 13.0 Å². The summed E-state index contributed by atoms with van der Waals surface area (Å²) < 4.78 is 11.0. The lowest BCUT2D eigenvalue weighted by Crippen LogP contribution is -2.39. The number of nitrogens with two attached hydrogens (primary N) is 1. The Morgan fingerprint density at radius 1 is 1.42 bits per heavy atom. The molecule has 5 heteroatoms. The van der Waals surface area contributed by atoms with E-state index < -0.39 is 0 Å². The number of ether oxygens (including phenoxy) is 1. The van der Waals surface area contributed by atoms with E-state index in [4.69, 9.17) is 15.0 Å². The number of aromatic nitrogens is 2. The minimum atomic E-state index is -0.0392. The summed E-state index contributed by atoms with van der Waals surface area (Å²) in [6.45, 7) is 5.49. The Morgan fingerprint density at radius 3 is 2.74 bits per heavy atom. The molecule has 0 amide bonds. The fourth-order valence-electron chi connectivity index (χ4n) is 2.67. The maximum atomic E-state index is 5.86. The number of nitrogens with zero attached hydrogens (tertiary/aromatic N) is 2. The van der Waals surface area contributed by atoms with E-state index in [-0.39, 0.29) is 11.5 Å². The first-order chi connectivity index (χ1) is 9.23. The van der Waals surface area contributed by atoms with Crippen LogP contribution in [-0.4, -0.2) is 23.3 Å². The van der Waals surface area contributed by atoms with E-state index in [1.54, 1.807) is 0 Å². The van der Waals surface area contributed by atoms with Gasteiger partial charge < -0.3 is 15.0 Å². The third kappa shape index (κ3) is 3.34. The Bertz CT molecular complexity index is 376. The van der Waals surface area contributed by atoms with Gasteiger partial charge >= 0.3 is 0 Å². The molecular formula is C14H25N3O2. The predicted octanol–water partition coefficient (Wildman–Crippen LogP) is 2.62. The third-order valence-electron chi connectivity index (χ3n) is 4.06. The van der Waals surface area contributed by atoms with E-state index in [9.17, 15) is 0 Å². The van der Waals surface area contributed by atoms with Crippen LogP contribution in [0.15, 0.2) is 4.52 Å². The van der Waals surface area contributed by atoms with Crippen molar-refractivity contribution in [1.29, 1.82) is 0 Å². The lowest BCUT2D eigenvalue weighted by atomic mass is 9.67. The Hall–Kier alpha value is -0.940. The lowest BCUT2D eigenvalue weighted by Gasteiger charge is -2.39. The summed E-state index contributed by atoms with van der Waals surface area (Å²) >= 11 is 0. The Kier molecular flexibility index (Phi) is 4.93. The second-order valence-electron chi connectivity index (χ2n) is 5.51. The summed E-state index contributed by atoms with van der Waals surface area (Å²) in [5, 5.41) is 4.08. The van der Waals surface area contributed by atoms with Gasteiger partial charge in [-0.3, -0.25) is 0 Å².